The van der Waals surface area contributed by atoms with Crippen LogP contribution in [0.1, 0.15) is 110 Å². The van der Waals surface area contributed by atoms with Crippen LogP contribution >= 0.6 is 0 Å². The first-order valence-corrected chi connectivity index (χ1v) is 21.5. The van der Waals surface area contributed by atoms with E-state index in [9.17, 15) is 0 Å². The van der Waals surface area contributed by atoms with Crippen LogP contribution in [0.2, 0.25) is 0 Å². The van der Waals surface area contributed by atoms with Gasteiger partial charge < -0.3 is 8.82 Å². The minimum absolute atomic E-state index is 0.599. The average molecular weight is 712 g/mol. The lowest BCUT2D eigenvalue weighted by Crippen LogP contribution is -2.41. The van der Waals surface area contributed by atoms with Crippen molar-refractivity contribution in [3.05, 3.63) is 102 Å². The van der Waals surface area contributed by atoms with Gasteiger partial charge in [0.05, 0.1) is 28.9 Å². The summed E-state index contributed by atoms with van der Waals surface area (Å²) in [4.78, 5) is 11.1. The molecule has 7 bridgehead atoms. The number of aromatic nitrogens is 3. The summed E-state index contributed by atoms with van der Waals surface area (Å²) < 4.78 is 9.32. The van der Waals surface area contributed by atoms with Gasteiger partial charge in [-0.15, -0.1) is 0 Å². The molecule has 8 aliphatic rings. The minimum Gasteiger partial charge on any atom is -0.456 e. The predicted octanol–water partition coefficient (Wildman–Crippen LogP) is 13.1. The smallest absolute Gasteiger partial charge is 0.136 e. The van der Waals surface area contributed by atoms with E-state index in [-0.39, 0.29) is 0 Å². The molecule has 1 spiro atoms. The average Bonchev–Trinajstić information content (AvgIpc) is 3.95. The third-order valence-electron chi connectivity index (χ3n) is 17.6. The Morgan fingerprint density at radius 1 is 0.564 bits per heavy atom. The molecule has 0 amide bonds. The van der Waals surface area contributed by atoms with E-state index in [0.29, 0.717) is 29.1 Å². The molecule has 5 aromatic heterocycles. The van der Waals surface area contributed by atoms with E-state index < -0.39 is 0 Å². The van der Waals surface area contributed by atoms with E-state index in [2.05, 4.69) is 83.5 Å². The van der Waals surface area contributed by atoms with Crippen molar-refractivity contribution in [3.8, 4) is 11.1 Å². The fraction of sp³-hybridized carbons (Fsp3) is 0.373. The van der Waals surface area contributed by atoms with Crippen molar-refractivity contribution < 1.29 is 4.42 Å². The summed E-state index contributed by atoms with van der Waals surface area (Å²) in [6, 6.07) is 25.1. The van der Waals surface area contributed by atoms with E-state index in [4.69, 9.17) is 14.4 Å². The van der Waals surface area contributed by atoms with Crippen molar-refractivity contribution in [2.24, 2.45) is 29.1 Å². The van der Waals surface area contributed by atoms with Crippen molar-refractivity contribution in [2.75, 3.05) is 0 Å². The summed E-state index contributed by atoms with van der Waals surface area (Å²) in [5.74, 6) is 6.06. The Balaban J connectivity index is 1.08. The highest BCUT2D eigenvalue weighted by Gasteiger charge is 2.66. The maximum absolute atomic E-state index is 6.68. The van der Waals surface area contributed by atoms with Gasteiger partial charge in [0, 0.05) is 55.5 Å². The molecule has 0 aliphatic heterocycles. The Bertz CT molecular complexity index is 3240. The fourth-order valence-corrected chi connectivity index (χ4v) is 16.0. The van der Waals surface area contributed by atoms with Gasteiger partial charge in [-0.1, -0.05) is 42.5 Å². The van der Waals surface area contributed by atoms with Gasteiger partial charge in [-0.25, -0.2) is 0 Å². The summed E-state index contributed by atoms with van der Waals surface area (Å²) in [5, 5.41) is 10.9. The van der Waals surface area contributed by atoms with Crippen molar-refractivity contribution in [3.63, 3.8) is 0 Å². The Hall–Kier alpha value is -4.96. The molecule has 5 fully saturated rings. The van der Waals surface area contributed by atoms with Crippen LogP contribution in [0.5, 0.6) is 0 Å². The zero-order chi connectivity index (χ0) is 35.1. The van der Waals surface area contributed by atoms with Gasteiger partial charge in [0.15, 0.2) is 0 Å². The third kappa shape index (κ3) is 3.17. The Morgan fingerprint density at radius 3 is 2.07 bits per heavy atom. The van der Waals surface area contributed by atoms with E-state index in [0.717, 1.165) is 34.8 Å². The van der Waals surface area contributed by atoms with Crippen LogP contribution in [-0.4, -0.2) is 14.4 Å². The van der Waals surface area contributed by atoms with Crippen LogP contribution < -0.4 is 0 Å². The van der Waals surface area contributed by atoms with Gasteiger partial charge in [0.25, 0.3) is 0 Å². The molecular weight excluding hydrogens is 671 g/mol. The summed E-state index contributed by atoms with van der Waals surface area (Å²) in [6.07, 6.45) is 18.3. The normalized spacial score (nSPS) is 32.4. The van der Waals surface area contributed by atoms with Gasteiger partial charge in [-0.3, -0.25) is 9.97 Å². The molecule has 0 N–H and O–H groups in total. The number of rotatable bonds is 1. The Morgan fingerprint density at radius 2 is 1.25 bits per heavy atom. The minimum atomic E-state index is 0.599. The second-order valence-corrected chi connectivity index (χ2v) is 19.8. The third-order valence-corrected chi connectivity index (χ3v) is 17.6. The Labute approximate surface area is 318 Å². The van der Waals surface area contributed by atoms with E-state index in [1.165, 1.54) is 146 Å². The van der Waals surface area contributed by atoms with Gasteiger partial charge in [0.2, 0.25) is 0 Å². The molecule has 9 aromatic rings. The lowest BCUT2D eigenvalue weighted by molar-refractivity contribution is 0.00321. The first-order chi connectivity index (χ1) is 27.2. The highest BCUT2D eigenvalue weighted by atomic mass is 16.3. The molecule has 8 aliphatic carbocycles. The lowest BCUT2D eigenvalue weighted by Gasteiger charge is -2.48. The van der Waals surface area contributed by atoms with Crippen molar-refractivity contribution in [2.45, 2.75) is 87.9 Å². The van der Waals surface area contributed by atoms with Crippen molar-refractivity contribution in [1.82, 2.24) is 14.4 Å². The number of benzene rings is 4. The molecule has 7 unspecified atom stereocenters. The number of fused-ring (bicyclic) bond motifs is 17. The van der Waals surface area contributed by atoms with Crippen LogP contribution in [-0.2, 0) is 0 Å². The molecule has 4 nitrogen and oxygen atoms in total. The molecule has 7 atom stereocenters. The Kier molecular flexibility index (Phi) is 4.75. The van der Waals surface area contributed by atoms with Crippen LogP contribution in [0.15, 0.2) is 83.5 Å². The predicted molar refractivity (Wildman–Crippen MR) is 220 cm³/mol. The maximum atomic E-state index is 6.68. The first kappa shape index (κ1) is 28.4. The van der Waals surface area contributed by atoms with Crippen LogP contribution in [0.4, 0.5) is 0 Å². The van der Waals surface area contributed by atoms with Gasteiger partial charge >= 0.3 is 0 Å². The van der Waals surface area contributed by atoms with E-state index in [1.807, 2.05) is 0 Å². The van der Waals surface area contributed by atoms with E-state index >= 15 is 0 Å². The summed E-state index contributed by atoms with van der Waals surface area (Å²) in [6.45, 7) is 0. The monoisotopic (exact) mass is 711 g/mol. The zero-order valence-corrected chi connectivity index (χ0v) is 30.9. The largest absolute Gasteiger partial charge is 0.456 e. The number of furan rings is 1. The van der Waals surface area contributed by atoms with Crippen LogP contribution in [0, 0.1) is 29.1 Å². The fourth-order valence-electron chi connectivity index (χ4n) is 16.0. The first-order valence-electron chi connectivity index (χ1n) is 21.5. The van der Waals surface area contributed by atoms with Gasteiger partial charge in [-0.05, 0) is 162 Å². The lowest BCUT2D eigenvalue weighted by atomic mass is 9.56. The zero-order valence-electron chi connectivity index (χ0n) is 30.9. The standard InChI is InChI=1S/C51H41N3O/c1-2-5-34-26(4-1)8-9-41-46(34)47-35(6-3-7-40(47)55-41)27-17-36-44-38(22-52-48-29-13-24-10-25(14-29)12-28(11-24)42(44)48)54-39-23-53-49-31-16-33-19-32-15-30(20-51(32,33)21-31)43(49)45(39)37(18-27)50(36)54/h1-9,17-18,22-25,28-33H,10-16,19-21H2. The molecule has 5 saturated carbocycles. The molecule has 5 heterocycles. The highest BCUT2D eigenvalue weighted by Crippen LogP contribution is 2.76. The SMILES string of the molecule is c1ccc2c(c1)ccc1oc3cccc(-c4cc5c6c7c(ncc6n6c8cnc9c(c8c(c4)c56)C4CC5CC6CC9CC65C4)C4CC5CC(C4)CC7C5)c3c12. The second-order valence-electron chi connectivity index (χ2n) is 19.8. The molecule has 0 saturated heterocycles. The summed E-state index contributed by atoms with van der Waals surface area (Å²) in [5.41, 5.74) is 15.3. The molecule has 17 rings (SSSR count). The van der Waals surface area contributed by atoms with Crippen molar-refractivity contribution in [1.29, 1.82) is 0 Å². The molecule has 4 aromatic carbocycles. The maximum Gasteiger partial charge on any atom is 0.136 e. The summed E-state index contributed by atoms with van der Waals surface area (Å²) >= 11 is 0. The second kappa shape index (κ2) is 9.18. The number of hydrogen-bond acceptors (Lipinski definition) is 3. The topological polar surface area (TPSA) is 43.3 Å². The van der Waals surface area contributed by atoms with Crippen molar-refractivity contribution >= 4 is 70.8 Å². The summed E-state index contributed by atoms with van der Waals surface area (Å²) in [7, 11) is 0. The highest BCUT2D eigenvalue weighted by molar-refractivity contribution is 6.28. The van der Waals surface area contributed by atoms with E-state index in [1.54, 1.807) is 11.1 Å². The van der Waals surface area contributed by atoms with Gasteiger partial charge in [0.1, 0.15) is 11.2 Å². The number of pyridine rings is 2. The molecular formula is C51H41N3O. The van der Waals surface area contributed by atoms with Crippen LogP contribution in [0.3, 0.4) is 0 Å². The molecule has 0 radical (unpaired) electrons. The van der Waals surface area contributed by atoms with Gasteiger partial charge in [-0.2, -0.15) is 0 Å². The van der Waals surface area contributed by atoms with Crippen LogP contribution in [0.25, 0.3) is 81.9 Å². The molecule has 266 valence electrons. The number of nitrogens with zero attached hydrogens (tertiary/aromatic N) is 3. The molecule has 55 heavy (non-hydrogen) atoms. The quantitative estimate of drug-likeness (QED) is 0.170. The number of hydrogen-bond donors (Lipinski definition) is 0. The molecule has 4 heteroatoms.